The lowest BCUT2D eigenvalue weighted by Crippen LogP contribution is -2.02. The van der Waals surface area contributed by atoms with Gasteiger partial charge in [0.05, 0.1) is 0 Å². The maximum Gasteiger partial charge on any atom is 0.158 e. The summed E-state index contributed by atoms with van der Waals surface area (Å²) in [6.45, 7) is 2.11. The first kappa shape index (κ1) is 12.1. The summed E-state index contributed by atoms with van der Waals surface area (Å²) in [5, 5.41) is 0. The monoisotopic (exact) mass is 228 g/mol. The van der Waals surface area contributed by atoms with Gasteiger partial charge in [0.25, 0.3) is 0 Å². The van der Waals surface area contributed by atoms with Crippen LogP contribution in [0.1, 0.15) is 44.6 Å². The van der Waals surface area contributed by atoms with Crippen LogP contribution in [-0.4, -0.2) is 5.78 Å². The van der Waals surface area contributed by atoms with Crippen molar-refractivity contribution in [1.29, 1.82) is 0 Å². The molecule has 17 heavy (non-hydrogen) atoms. The fourth-order valence-electron chi connectivity index (χ4n) is 2.52. The fourth-order valence-corrected chi connectivity index (χ4v) is 2.52. The van der Waals surface area contributed by atoms with Crippen LogP contribution in [0.5, 0.6) is 0 Å². The van der Waals surface area contributed by atoms with Crippen LogP contribution < -0.4 is 0 Å². The molecule has 0 radical (unpaired) electrons. The lowest BCUT2D eigenvalue weighted by atomic mass is 10.0. The van der Waals surface area contributed by atoms with Crippen molar-refractivity contribution in [2.24, 2.45) is 0 Å². The van der Waals surface area contributed by atoms with Crippen molar-refractivity contribution in [3.63, 3.8) is 0 Å². The molecule has 90 valence electrons. The first-order valence-corrected chi connectivity index (χ1v) is 6.53. The summed E-state index contributed by atoms with van der Waals surface area (Å²) in [5.74, 6) is 0.385. The Balaban J connectivity index is 1.79. The number of ketones is 1. The summed E-state index contributed by atoms with van der Waals surface area (Å²) < 4.78 is 0. The first-order valence-electron chi connectivity index (χ1n) is 6.53. The van der Waals surface area contributed by atoms with Gasteiger partial charge in [-0.3, -0.25) is 4.79 Å². The molecule has 1 aliphatic carbocycles. The van der Waals surface area contributed by atoms with Crippen molar-refractivity contribution < 1.29 is 4.79 Å². The Morgan fingerprint density at radius 2 is 1.94 bits per heavy atom. The number of aryl methyl sites for hydroxylation is 1. The molecular formula is C16H20O. The normalized spacial score (nSPS) is 15.4. The van der Waals surface area contributed by atoms with E-state index in [1.54, 1.807) is 0 Å². The van der Waals surface area contributed by atoms with Crippen molar-refractivity contribution in [2.45, 2.75) is 45.4 Å². The standard InChI is InChI=1S/C16H20O/c1-13-7-5-11-15(13)16(17)12-6-10-14-8-3-2-4-9-14/h2-4,8-9H,5-7,10-12H2,1H3. The zero-order valence-corrected chi connectivity index (χ0v) is 10.5. The van der Waals surface area contributed by atoms with E-state index in [0.717, 1.165) is 31.3 Å². The first-order chi connectivity index (χ1) is 8.27. The van der Waals surface area contributed by atoms with E-state index in [1.807, 2.05) is 6.07 Å². The highest BCUT2D eigenvalue weighted by molar-refractivity contribution is 5.96. The van der Waals surface area contributed by atoms with Crippen LogP contribution in [0.2, 0.25) is 0 Å². The van der Waals surface area contributed by atoms with Crippen LogP contribution in [0.3, 0.4) is 0 Å². The predicted molar refractivity (Wildman–Crippen MR) is 70.9 cm³/mol. The molecule has 0 heterocycles. The van der Waals surface area contributed by atoms with Gasteiger partial charge in [-0.15, -0.1) is 0 Å². The Labute approximate surface area is 104 Å². The van der Waals surface area contributed by atoms with Crippen molar-refractivity contribution in [2.75, 3.05) is 0 Å². The van der Waals surface area contributed by atoms with Crippen molar-refractivity contribution in [3.8, 4) is 0 Å². The van der Waals surface area contributed by atoms with E-state index in [0.29, 0.717) is 12.2 Å². The van der Waals surface area contributed by atoms with Crippen molar-refractivity contribution >= 4 is 5.78 Å². The van der Waals surface area contributed by atoms with Gasteiger partial charge in [-0.1, -0.05) is 35.9 Å². The van der Waals surface area contributed by atoms with Gasteiger partial charge in [0.2, 0.25) is 0 Å². The molecule has 0 aromatic heterocycles. The molecule has 2 rings (SSSR count). The minimum atomic E-state index is 0.385. The highest BCUT2D eigenvalue weighted by Gasteiger charge is 2.17. The molecule has 0 N–H and O–H groups in total. The number of hydrogen-bond donors (Lipinski definition) is 0. The Kier molecular flexibility index (Phi) is 4.13. The SMILES string of the molecule is CC1=C(C(=O)CCCc2ccccc2)CCC1. The molecule has 0 saturated carbocycles. The Morgan fingerprint density at radius 1 is 1.18 bits per heavy atom. The molecule has 0 bridgehead atoms. The van der Waals surface area contributed by atoms with Gasteiger partial charge in [-0.25, -0.2) is 0 Å². The average molecular weight is 228 g/mol. The van der Waals surface area contributed by atoms with Gasteiger partial charge in [-0.05, 0) is 50.2 Å². The summed E-state index contributed by atoms with van der Waals surface area (Å²) in [6, 6.07) is 10.4. The van der Waals surface area contributed by atoms with E-state index in [1.165, 1.54) is 17.6 Å². The smallest absolute Gasteiger partial charge is 0.158 e. The molecular weight excluding hydrogens is 208 g/mol. The molecule has 0 aliphatic heterocycles. The molecule has 1 aliphatic rings. The molecule has 0 amide bonds. The molecule has 1 nitrogen and oxygen atoms in total. The van der Waals surface area contributed by atoms with Crippen LogP contribution in [0.4, 0.5) is 0 Å². The number of hydrogen-bond acceptors (Lipinski definition) is 1. The molecule has 0 saturated heterocycles. The minimum absolute atomic E-state index is 0.385. The average Bonchev–Trinajstić information content (AvgIpc) is 2.77. The van der Waals surface area contributed by atoms with Crippen LogP contribution in [-0.2, 0) is 11.2 Å². The Morgan fingerprint density at radius 3 is 2.59 bits per heavy atom. The second-order valence-electron chi connectivity index (χ2n) is 4.87. The van der Waals surface area contributed by atoms with E-state index in [9.17, 15) is 4.79 Å². The molecule has 0 spiro atoms. The molecule has 0 unspecified atom stereocenters. The largest absolute Gasteiger partial charge is 0.295 e. The third kappa shape index (κ3) is 3.29. The summed E-state index contributed by atoms with van der Waals surface area (Å²) in [5.41, 5.74) is 3.78. The van der Waals surface area contributed by atoms with Crippen molar-refractivity contribution in [1.82, 2.24) is 0 Å². The van der Waals surface area contributed by atoms with Gasteiger partial charge in [0.1, 0.15) is 0 Å². The highest BCUT2D eigenvalue weighted by atomic mass is 16.1. The van der Waals surface area contributed by atoms with E-state index < -0.39 is 0 Å². The summed E-state index contributed by atoms with van der Waals surface area (Å²) >= 11 is 0. The molecule has 1 heteroatoms. The van der Waals surface area contributed by atoms with Crippen LogP contribution in [0.25, 0.3) is 0 Å². The van der Waals surface area contributed by atoms with Crippen LogP contribution in [0, 0.1) is 0 Å². The zero-order chi connectivity index (χ0) is 12.1. The zero-order valence-electron chi connectivity index (χ0n) is 10.5. The van der Waals surface area contributed by atoms with Crippen LogP contribution >= 0.6 is 0 Å². The van der Waals surface area contributed by atoms with E-state index in [4.69, 9.17) is 0 Å². The van der Waals surface area contributed by atoms with E-state index in [-0.39, 0.29) is 0 Å². The van der Waals surface area contributed by atoms with Gasteiger partial charge in [-0.2, -0.15) is 0 Å². The Bertz CT molecular complexity index is 414. The fraction of sp³-hybridized carbons (Fsp3) is 0.438. The molecule has 1 aromatic carbocycles. The van der Waals surface area contributed by atoms with Gasteiger partial charge < -0.3 is 0 Å². The number of benzene rings is 1. The number of Topliss-reactive ketones (excluding diaryl/α,β-unsaturated/α-hetero) is 1. The number of carbonyl (C=O) groups excluding carboxylic acids is 1. The molecule has 0 atom stereocenters. The van der Waals surface area contributed by atoms with Gasteiger partial charge >= 0.3 is 0 Å². The summed E-state index contributed by atoms with van der Waals surface area (Å²) in [4.78, 5) is 12.0. The van der Waals surface area contributed by atoms with Crippen molar-refractivity contribution in [3.05, 3.63) is 47.0 Å². The highest BCUT2D eigenvalue weighted by Crippen LogP contribution is 2.27. The summed E-state index contributed by atoms with van der Waals surface area (Å²) in [7, 11) is 0. The predicted octanol–water partition coefficient (Wildman–Crippen LogP) is 4.08. The van der Waals surface area contributed by atoms with Crippen LogP contribution in [0.15, 0.2) is 41.5 Å². The topological polar surface area (TPSA) is 17.1 Å². The second kappa shape index (κ2) is 5.81. The second-order valence-corrected chi connectivity index (χ2v) is 4.87. The third-order valence-corrected chi connectivity index (χ3v) is 3.54. The molecule has 1 aromatic rings. The number of rotatable bonds is 5. The van der Waals surface area contributed by atoms with E-state index >= 15 is 0 Å². The molecule has 0 fully saturated rings. The third-order valence-electron chi connectivity index (χ3n) is 3.54. The van der Waals surface area contributed by atoms with Gasteiger partial charge in [0.15, 0.2) is 5.78 Å². The maximum atomic E-state index is 12.0. The Hall–Kier alpha value is -1.37. The summed E-state index contributed by atoms with van der Waals surface area (Å²) in [6.07, 6.45) is 6.00. The van der Waals surface area contributed by atoms with Gasteiger partial charge in [0, 0.05) is 6.42 Å². The maximum absolute atomic E-state index is 12.0. The van der Waals surface area contributed by atoms with E-state index in [2.05, 4.69) is 31.2 Å². The minimum Gasteiger partial charge on any atom is -0.295 e. The lowest BCUT2D eigenvalue weighted by molar-refractivity contribution is -0.115. The number of allylic oxidation sites excluding steroid dienone is 2. The number of carbonyl (C=O) groups is 1. The quantitative estimate of drug-likeness (QED) is 0.742. The lowest BCUT2D eigenvalue weighted by Gasteiger charge is -2.03.